The maximum Gasteiger partial charge on any atom is 0.278 e. The minimum atomic E-state index is -1.24. The summed E-state index contributed by atoms with van der Waals surface area (Å²) in [5.74, 6) is 0. The first-order valence-electron chi connectivity index (χ1n) is 2.35. The second-order valence-electron chi connectivity index (χ2n) is 1.34. The molecule has 0 spiro atoms. The SMILES string of the molecule is CO[CH]C(Cl)(OC)OC. The molecule has 55 valence electrons. The lowest BCUT2D eigenvalue weighted by atomic mass is 10.7. The first-order chi connectivity index (χ1) is 4.18. The van der Waals surface area contributed by atoms with Crippen molar-refractivity contribution >= 4 is 11.6 Å². The van der Waals surface area contributed by atoms with Crippen LogP contribution >= 0.6 is 11.6 Å². The molecule has 0 unspecified atom stereocenters. The summed E-state index contributed by atoms with van der Waals surface area (Å²) >= 11 is 5.58. The Bertz CT molecular complexity index is 72.6. The smallest absolute Gasteiger partial charge is 0.278 e. The lowest BCUT2D eigenvalue weighted by Crippen LogP contribution is -2.27. The Labute approximate surface area is 59.8 Å². The third kappa shape index (κ3) is 3.01. The van der Waals surface area contributed by atoms with Gasteiger partial charge in [-0.15, -0.1) is 0 Å². The van der Waals surface area contributed by atoms with Gasteiger partial charge in [-0.25, -0.2) is 0 Å². The van der Waals surface area contributed by atoms with Crippen molar-refractivity contribution in [3.8, 4) is 0 Å². The van der Waals surface area contributed by atoms with E-state index in [9.17, 15) is 0 Å². The van der Waals surface area contributed by atoms with E-state index in [-0.39, 0.29) is 0 Å². The van der Waals surface area contributed by atoms with Gasteiger partial charge in [0.25, 0.3) is 5.25 Å². The van der Waals surface area contributed by atoms with E-state index in [1.54, 1.807) is 0 Å². The lowest BCUT2D eigenvalue weighted by molar-refractivity contribution is -0.143. The molecule has 0 aromatic heterocycles. The summed E-state index contributed by atoms with van der Waals surface area (Å²) in [5.41, 5.74) is 0. The van der Waals surface area contributed by atoms with E-state index >= 15 is 0 Å². The summed E-state index contributed by atoms with van der Waals surface area (Å²) in [6.07, 6.45) is 0. The Morgan fingerprint density at radius 1 is 1.22 bits per heavy atom. The zero-order chi connectivity index (χ0) is 7.33. The third-order valence-electron chi connectivity index (χ3n) is 0.815. The van der Waals surface area contributed by atoms with Gasteiger partial charge in [-0.1, -0.05) is 11.6 Å². The molecule has 0 aromatic carbocycles. The Hall–Kier alpha value is 0.170. The number of hydrogen-bond acceptors (Lipinski definition) is 3. The van der Waals surface area contributed by atoms with Gasteiger partial charge in [-0.3, -0.25) is 0 Å². The predicted octanol–water partition coefficient (Wildman–Crippen LogP) is 0.980. The predicted molar refractivity (Wildman–Crippen MR) is 33.9 cm³/mol. The van der Waals surface area contributed by atoms with Crippen LogP contribution < -0.4 is 0 Å². The number of halogens is 1. The molecule has 0 atom stereocenters. The molecular formula is C5H10ClO3. The standard InChI is InChI=1S/C5H10ClO3/c1-7-4-5(6,8-2)9-3/h4H,1-3H3. The van der Waals surface area contributed by atoms with Gasteiger partial charge in [0.1, 0.15) is 0 Å². The van der Waals surface area contributed by atoms with E-state index in [0.717, 1.165) is 0 Å². The molecule has 0 amide bonds. The van der Waals surface area contributed by atoms with Gasteiger partial charge in [-0.2, -0.15) is 0 Å². The van der Waals surface area contributed by atoms with Crippen LogP contribution in [0.2, 0.25) is 0 Å². The van der Waals surface area contributed by atoms with Crippen molar-refractivity contribution in [3.05, 3.63) is 6.61 Å². The second kappa shape index (κ2) is 4.06. The highest BCUT2D eigenvalue weighted by atomic mass is 35.5. The Morgan fingerprint density at radius 3 is 1.78 bits per heavy atom. The van der Waals surface area contributed by atoms with Gasteiger partial charge < -0.3 is 14.2 Å². The molecule has 0 aliphatic rings. The fraction of sp³-hybridized carbons (Fsp3) is 0.800. The van der Waals surface area contributed by atoms with E-state index in [0.29, 0.717) is 0 Å². The van der Waals surface area contributed by atoms with Crippen molar-refractivity contribution in [1.29, 1.82) is 0 Å². The van der Waals surface area contributed by atoms with Crippen LogP contribution in [0, 0.1) is 6.61 Å². The number of ether oxygens (including phenoxy) is 3. The summed E-state index contributed by atoms with van der Waals surface area (Å²) < 4.78 is 14.0. The number of rotatable bonds is 4. The summed E-state index contributed by atoms with van der Waals surface area (Å²) in [4.78, 5) is 0. The molecule has 0 rings (SSSR count). The molecule has 3 nitrogen and oxygen atoms in total. The highest BCUT2D eigenvalue weighted by Crippen LogP contribution is 2.19. The van der Waals surface area contributed by atoms with Gasteiger partial charge >= 0.3 is 0 Å². The van der Waals surface area contributed by atoms with Crippen molar-refractivity contribution in [1.82, 2.24) is 0 Å². The number of methoxy groups -OCH3 is 3. The summed E-state index contributed by atoms with van der Waals surface area (Å²) in [7, 11) is 4.31. The van der Waals surface area contributed by atoms with Gasteiger partial charge in [0.2, 0.25) is 0 Å². The van der Waals surface area contributed by atoms with Gasteiger partial charge in [0.05, 0.1) is 0 Å². The van der Waals surface area contributed by atoms with E-state index in [1.807, 2.05) is 0 Å². The monoisotopic (exact) mass is 153 g/mol. The van der Waals surface area contributed by atoms with E-state index in [1.165, 1.54) is 27.9 Å². The fourth-order valence-electron chi connectivity index (χ4n) is 0.320. The molecule has 0 heterocycles. The Kier molecular flexibility index (Phi) is 4.14. The molecule has 0 bridgehead atoms. The van der Waals surface area contributed by atoms with Crippen LogP contribution in [0.15, 0.2) is 0 Å². The molecule has 1 radical (unpaired) electrons. The van der Waals surface area contributed by atoms with Crippen LogP contribution in [0.5, 0.6) is 0 Å². The molecule has 0 fully saturated rings. The van der Waals surface area contributed by atoms with E-state index in [4.69, 9.17) is 21.1 Å². The normalized spacial score (nSPS) is 12.0. The fourth-order valence-corrected chi connectivity index (χ4v) is 0.409. The average Bonchev–Trinajstić information content (AvgIpc) is 1.89. The number of alkyl halides is 1. The highest BCUT2D eigenvalue weighted by molar-refractivity contribution is 6.22. The quantitative estimate of drug-likeness (QED) is 0.445. The molecular weight excluding hydrogens is 144 g/mol. The molecule has 0 aromatic rings. The van der Waals surface area contributed by atoms with Crippen molar-refractivity contribution in [2.24, 2.45) is 0 Å². The summed E-state index contributed by atoms with van der Waals surface area (Å²) in [6, 6.07) is 0. The van der Waals surface area contributed by atoms with Crippen LogP contribution in [-0.4, -0.2) is 26.6 Å². The molecule has 9 heavy (non-hydrogen) atoms. The maximum absolute atomic E-state index is 5.58. The highest BCUT2D eigenvalue weighted by Gasteiger charge is 2.26. The van der Waals surface area contributed by atoms with Crippen molar-refractivity contribution in [2.75, 3.05) is 21.3 Å². The zero-order valence-corrected chi connectivity index (χ0v) is 6.44. The second-order valence-corrected chi connectivity index (χ2v) is 1.87. The summed E-state index contributed by atoms with van der Waals surface area (Å²) in [5, 5.41) is -1.24. The largest absolute Gasteiger partial charge is 0.371 e. The molecule has 0 aliphatic heterocycles. The van der Waals surface area contributed by atoms with Crippen LogP contribution in [0.3, 0.4) is 0 Å². The van der Waals surface area contributed by atoms with Crippen molar-refractivity contribution < 1.29 is 14.2 Å². The van der Waals surface area contributed by atoms with Gasteiger partial charge in [0.15, 0.2) is 6.61 Å². The van der Waals surface area contributed by atoms with Crippen LogP contribution in [0.1, 0.15) is 0 Å². The average molecular weight is 154 g/mol. The van der Waals surface area contributed by atoms with E-state index < -0.39 is 5.25 Å². The van der Waals surface area contributed by atoms with Gasteiger partial charge in [-0.05, 0) is 0 Å². The zero-order valence-electron chi connectivity index (χ0n) is 5.68. The van der Waals surface area contributed by atoms with Gasteiger partial charge in [0, 0.05) is 21.3 Å². The van der Waals surface area contributed by atoms with Crippen LogP contribution in [-0.2, 0) is 14.2 Å². The number of hydrogen-bond donors (Lipinski definition) is 0. The minimum absolute atomic E-state index is 1.24. The molecule has 0 N–H and O–H groups in total. The Morgan fingerprint density at radius 2 is 1.67 bits per heavy atom. The van der Waals surface area contributed by atoms with Crippen LogP contribution in [0.4, 0.5) is 0 Å². The molecule has 0 saturated heterocycles. The Balaban J connectivity index is 3.62. The van der Waals surface area contributed by atoms with Crippen LogP contribution in [0.25, 0.3) is 0 Å². The molecule has 0 saturated carbocycles. The topological polar surface area (TPSA) is 27.7 Å². The molecule has 0 aliphatic carbocycles. The first-order valence-corrected chi connectivity index (χ1v) is 2.72. The van der Waals surface area contributed by atoms with Crippen molar-refractivity contribution in [3.63, 3.8) is 0 Å². The van der Waals surface area contributed by atoms with Crippen molar-refractivity contribution in [2.45, 2.75) is 5.25 Å². The molecule has 4 heteroatoms. The maximum atomic E-state index is 5.58. The third-order valence-corrected chi connectivity index (χ3v) is 1.21. The minimum Gasteiger partial charge on any atom is -0.371 e. The lowest BCUT2D eigenvalue weighted by Gasteiger charge is -2.20. The van der Waals surface area contributed by atoms with E-state index in [2.05, 4.69) is 4.74 Å². The first kappa shape index (κ1) is 9.17. The summed E-state index contributed by atoms with van der Waals surface area (Å²) in [6.45, 7) is 1.24.